The van der Waals surface area contributed by atoms with Crippen LogP contribution in [0.4, 0.5) is 0 Å². The number of carbonyl (C=O) groups excluding carboxylic acids is 1. The standard InChI is InChI=1S/C24H29N3O3S/c1-18(2)31(29,30)21-9-7-19(8-10-21)15-24(28)26-13-11-20(12-14-26)16-27-17-25-22-5-3-4-6-23(22)27/h3-10,17-18,20H,11-16H2,1-2H3. The van der Waals surface area contributed by atoms with E-state index in [4.69, 9.17) is 0 Å². The molecule has 0 bridgehead atoms. The highest BCUT2D eigenvalue weighted by Crippen LogP contribution is 2.23. The molecule has 31 heavy (non-hydrogen) atoms. The zero-order chi connectivity index (χ0) is 22.0. The Labute approximate surface area is 183 Å². The number of rotatable bonds is 6. The van der Waals surface area contributed by atoms with E-state index in [-0.39, 0.29) is 5.91 Å². The summed E-state index contributed by atoms with van der Waals surface area (Å²) >= 11 is 0. The number of hydrogen-bond donors (Lipinski definition) is 0. The Hall–Kier alpha value is -2.67. The fourth-order valence-electron chi connectivity index (χ4n) is 4.15. The molecule has 0 spiro atoms. The predicted octanol–water partition coefficient (Wildman–Crippen LogP) is 3.70. The van der Waals surface area contributed by atoms with Gasteiger partial charge in [-0.05, 0) is 62.4 Å². The maximum atomic E-state index is 12.7. The Bertz CT molecular complexity index is 1160. The molecule has 1 fully saturated rings. The van der Waals surface area contributed by atoms with Gasteiger partial charge >= 0.3 is 0 Å². The minimum absolute atomic E-state index is 0.103. The summed E-state index contributed by atoms with van der Waals surface area (Å²) in [4.78, 5) is 19.5. The molecule has 164 valence electrons. The van der Waals surface area contributed by atoms with Crippen LogP contribution in [0.2, 0.25) is 0 Å². The third-order valence-corrected chi connectivity index (χ3v) is 8.35. The predicted molar refractivity (Wildman–Crippen MR) is 122 cm³/mol. The molecule has 0 unspecified atom stereocenters. The van der Waals surface area contributed by atoms with Crippen molar-refractivity contribution in [3.63, 3.8) is 0 Å². The molecule has 0 radical (unpaired) electrons. The van der Waals surface area contributed by atoms with E-state index in [0.717, 1.165) is 49.1 Å². The van der Waals surface area contributed by atoms with Gasteiger partial charge in [0.15, 0.2) is 9.84 Å². The van der Waals surface area contributed by atoms with E-state index in [9.17, 15) is 13.2 Å². The molecule has 1 aliphatic heterocycles. The minimum Gasteiger partial charge on any atom is -0.342 e. The number of amides is 1. The van der Waals surface area contributed by atoms with Crippen LogP contribution >= 0.6 is 0 Å². The van der Waals surface area contributed by atoms with E-state index >= 15 is 0 Å². The van der Waals surface area contributed by atoms with Gasteiger partial charge in [-0.25, -0.2) is 13.4 Å². The summed E-state index contributed by atoms with van der Waals surface area (Å²) in [6.45, 7) is 5.79. The number of imidazole rings is 1. The first-order valence-corrected chi connectivity index (χ1v) is 12.4. The van der Waals surface area contributed by atoms with E-state index in [1.807, 2.05) is 29.4 Å². The van der Waals surface area contributed by atoms with Crippen LogP contribution in [0.15, 0.2) is 59.8 Å². The van der Waals surface area contributed by atoms with Crippen LogP contribution in [-0.4, -0.2) is 47.1 Å². The monoisotopic (exact) mass is 439 g/mol. The fourth-order valence-corrected chi connectivity index (χ4v) is 5.21. The first kappa shape index (κ1) is 21.6. The van der Waals surface area contributed by atoms with Crippen molar-refractivity contribution in [2.75, 3.05) is 13.1 Å². The molecule has 0 atom stereocenters. The summed E-state index contributed by atoms with van der Waals surface area (Å²) in [5.41, 5.74) is 3.02. The van der Waals surface area contributed by atoms with Gasteiger partial charge in [-0.1, -0.05) is 24.3 Å². The highest BCUT2D eigenvalue weighted by molar-refractivity contribution is 7.92. The van der Waals surface area contributed by atoms with Crippen molar-refractivity contribution in [3.05, 3.63) is 60.4 Å². The number of carbonyl (C=O) groups is 1. The fraction of sp³-hybridized carbons (Fsp3) is 0.417. The molecule has 1 aromatic heterocycles. The van der Waals surface area contributed by atoms with Gasteiger partial charge in [0.1, 0.15) is 0 Å². The second kappa shape index (κ2) is 8.83. The van der Waals surface area contributed by atoms with E-state index in [1.165, 1.54) is 0 Å². The molecule has 0 N–H and O–H groups in total. The Balaban J connectivity index is 1.31. The molecule has 6 nitrogen and oxygen atoms in total. The maximum absolute atomic E-state index is 12.7. The van der Waals surface area contributed by atoms with Crippen LogP contribution < -0.4 is 0 Å². The van der Waals surface area contributed by atoms with Crippen molar-refractivity contribution in [1.29, 1.82) is 0 Å². The lowest BCUT2D eigenvalue weighted by atomic mass is 9.96. The number of piperidine rings is 1. The number of aromatic nitrogens is 2. The quantitative estimate of drug-likeness (QED) is 0.587. The van der Waals surface area contributed by atoms with Gasteiger partial charge in [0.05, 0.1) is 33.9 Å². The second-order valence-electron chi connectivity index (χ2n) is 8.62. The summed E-state index contributed by atoms with van der Waals surface area (Å²) in [5.74, 6) is 0.633. The van der Waals surface area contributed by atoms with Gasteiger partial charge in [-0.3, -0.25) is 4.79 Å². The summed E-state index contributed by atoms with van der Waals surface area (Å²) in [6.07, 6.45) is 4.16. The van der Waals surface area contributed by atoms with E-state index in [1.54, 1.807) is 38.1 Å². The van der Waals surface area contributed by atoms with Crippen molar-refractivity contribution < 1.29 is 13.2 Å². The lowest BCUT2D eigenvalue weighted by Crippen LogP contribution is -2.40. The van der Waals surface area contributed by atoms with Crippen LogP contribution in [-0.2, 0) is 27.6 Å². The third kappa shape index (κ3) is 4.66. The lowest BCUT2D eigenvalue weighted by Gasteiger charge is -2.32. The highest BCUT2D eigenvalue weighted by Gasteiger charge is 2.24. The van der Waals surface area contributed by atoms with Gasteiger partial charge in [-0.15, -0.1) is 0 Å². The summed E-state index contributed by atoms with van der Waals surface area (Å²) in [5, 5.41) is -0.457. The number of sulfone groups is 1. The Morgan fingerprint density at radius 1 is 1.06 bits per heavy atom. The molecular formula is C24H29N3O3S. The van der Waals surface area contributed by atoms with Crippen molar-refractivity contribution in [2.24, 2.45) is 5.92 Å². The average molecular weight is 440 g/mol. The first-order chi connectivity index (χ1) is 14.8. The SMILES string of the molecule is CC(C)S(=O)(=O)c1ccc(CC(=O)N2CCC(Cn3cnc4ccccc43)CC2)cc1. The maximum Gasteiger partial charge on any atom is 0.226 e. The van der Waals surface area contributed by atoms with Gasteiger partial charge in [0, 0.05) is 19.6 Å². The Morgan fingerprint density at radius 2 is 1.74 bits per heavy atom. The molecule has 1 amide bonds. The zero-order valence-electron chi connectivity index (χ0n) is 18.1. The Morgan fingerprint density at radius 3 is 2.42 bits per heavy atom. The molecule has 2 aromatic carbocycles. The summed E-state index contributed by atoms with van der Waals surface area (Å²) in [6, 6.07) is 14.9. The van der Waals surface area contributed by atoms with Crippen molar-refractivity contribution in [1.82, 2.24) is 14.5 Å². The zero-order valence-corrected chi connectivity index (χ0v) is 18.9. The lowest BCUT2D eigenvalue weighted by molar-refractivity contribution is -0.131. The molecule has 1 saturated heterocycles. The number of para-hydroxylation sites is 2. The molecule has 3 aromatic rings. The van der Waals surface area contributed by atoms with Crippen molar-refractivity contribution in [2.45, 2.75) is 49.8 Å². The Kier molecular flexibility index (Phi) is 6.14. The van der Waals surface area contributed by atoms with Gasteiger partial charge in [0.25, 0.3) is 0 Å². The number of likely N-dealkylation sites (tertiary alicyclic amines) is 1. The number of nitrogens with zero attached hydrogens (tertiary/aromatic N) is 3. The number of fused-ring (bicyclic) bond motifs is 1. The molecule has 1 aliphatic rings. The normalized spacial score (nSPS) is 15.6. The highest BCUT2D eigenvalue weighted by atomic mass is 32.2. The largest absolute Gasteiger partial charge is 0.342 e. The second-order valence-corrected chi connectivity index (χ2v) is 11.1. The first-order valence-electron chi connectivity index (χ1n) is 10.8. The topological polar surface area (TPSA) is 72.3 Å². The molecular weight excluding hydrogens is 410 g/mol. The molecule has 4 rings (SSSR count). The number of benzene rings is 2. The van der Waals surface area contributed by atoms with Crippen molar-refractivity contribution >= 4 is 26.8 Å². The molecule has 2 heterocycles. The van der Waals surface area contributed by atoms with Crippen molar-refractivity contribution in [3.8, 4) is 0 Å². The molecule has 7 heteroatoms. The van der Waals surface area contributed by atoms with Gasteiger partial charge < -0.3 is 9.47 Å². The van der Waals surface area contributed by atoms with Crippen LogP contribution in [0.25, 0.3) is 11.0 Å². The number of hydrogen-bond acceptors (Lipinski definition) is 4. The summed E-state index contributed by atoms with van der Waals surface area (Å²) in [7, 11) is -3.29. The van der Waals surface area contributed by atoms with E-state index < -0.39 is 15.1 Å². The van der Waals surface area contributed by atoms with Gasteiger partial charge in [0.2, 0.25) is 5.91 Å². The minimum atomic E-state index is -3.29. The van der Waals surface area contributed by atoms with Crippen LogP contribution in [0, 0.1) is 5.92 Å². The van der Waals surface area contributed by atoms with Crippen LogP contribution in [0.3, 0.4) is 0 Å². The van der Waals surface area contributed by atoms with E-state index in [2.05, 4.69) is 15.6 Å². The summed E-state index contributed by atoms with van der Waals surface area (Å²) < 4.78 is 26.7. The molecule has 0 saturated carbocycles. The molecule has 0 aliphatic carbocycles. The van der Waals surface area contributed by atoms with Crippen LogP contribution in [0.5, 0.6) is 0 Å². The van der Waals surface area contributed by atoms with E-state index in [0.29, 0.717) is 17.2 Å². The smallest absolute Gasteiger partial charge is 0.226 e. The average Bonchev–Trinajstić information content (AvgIpc) is 3.17. The third-order valence-electron chi connectivity index (χ3n) is 6.18. The van der Waals surface area contributed by atoms with Crippen LogP contribution in [0.1, 0.15) is 32.3 Å². The van der Waals surface area contributed by atoms with Gasteiger partial charge in [-0.2, -0.15) is 0 Å².